The van der Waals surface area contributed by atoms with E-state index in [-0.39, 0.29) is 10.8 Å². The summed E-state index contributed by atoms with van der Waals surface area (Å²) in [7, 11) is -3.56. The van der Waals surface area contributed by atoms with Gasteiger partial charge in [0.25, 0.3) is 0 Å². The van der Waals surface area contributed by atoms with Crippen LogP contribution in [0.2, 0.25) is 0 Å². The molecule has 3 N–H and O–H groups in total. The van der Waals surface area contributed by atoms with Crippen LogP contribution in [0, 0.1) is 13.8 Å². The maximum absolute atomic E-state index is 12.5. The molecule has 28 heavy (non-hydrogen) atoms. The number of hydrogen-bond acceptors (Lipinski definition) is 9. The highest BCUT2D eigenvalue weighted by Crippen LogP contribution is 2.31. The molecular weight excluding hydrogens is 416 g/mol. The number of thiazole rings is 1. The Morgan fingerprint density at radius 3 is 2.46 bits per heavy atom. The molecule has 3 aromatic rings. The third-order valence-electron chi connectivity index (χ3n) is 3.64. The molecule has 0 amide bonds. The number of hydrogen-bond donors (Lipinski definition) is 3. The number of sulfonamides is 1. The first-order valence-electron chi connectivity index (χ1n) is 8.73. The molecule has 0 saturated carbocycles. The minimum Gasteiger partial charge on any atom is -0.370 e. The molecule has 0 bridgehead atoms. The average Bonchev–Trinajstić information content (AvgIpc) is 3.28. The molecule has 8 nitrogen and oxygen atoms in total. The highest BCUT2D eigenvalue weighted by Gasteiger charge is 2.17. The molecular formula is C17H22N6O2S3. The van der Waals surface area contributed by atoms with E-state index in [9.17, 15) is 8.42 Å². The minimum absolute atomic E-state index is 0.241. The molecule has 0 aromatic carbocycles. The maximum atomic E-state index is 12.5. The van der Waals surface area contributed by atoms with Crippen LogP contribution in [0.3, 0.4) is 0 Å². The van der Waals surface area contributed by atoms with Crippen LogP contribution in [-0.2, 0) is 10.0 Å². The predicted molar refractivity (Wildman–Crippen MR) is 115 cm³/mol. The van der Waals surface area contributed by atoms with Crippen molar-refractivity contribution in [3.8, 4) is 10.6 Å². The molecule has 0 aliphatic carbocycles. The minimum atomic E-state index is -3.56. The fourth-order valence-electron chi connectivity index (χ4n) is 2.46. The Labute approximate surface area is 172 Å². The quantitative estimate of drug-likeness (QED) is 0.440. The van der Waals surface area contributed by atoms with E-state index >= 15 is 0 Å². The van der Waals surface area contributed by atoms with E-state index in [0.717, 1.165) is 27.9 Å². The van der Waals surface area contributed by atoms with E-state index < -0.39 is 10.0 Å². The van der Waals surface area contributed by atoms with Crippen LogP contribution in [0.5, 0.6) is 0 Å². The lowest BCUT2D eigenvalue weighted by atomic mass is 10.4. The van der Waals surface area contributed by atoms with Gasteiger partial charge in [-0.1, -0.05) is 0 Å². The molecule has 3 rings (SSSR count). The van der Waals surface area contributed by atoms with Gasteiger partial charge in [-0.15, -0.1) is 22.7 Å². The van der Waals surface area contributed by atoms with E-state index in [4.69, 9.17) is 0 Å². The van der Waals surface area contributed by atoms with Crippen LogP contribution in [0.1, 0.15) is 17.8 Å². The van der Waals surface area contributed by atoms with E-state index in [1.54, 1.807) is 29.5 Å². The zero-order valence-corrected chi connectivity index (χ0v) is 18.3. The summed E-state index contributed by atoms with van der Waals surface area (Å²) in [6, 6.07) is 5.20. The Balaban J connectivity index is 1.56. The molecule has 0 spiro atoms. The average molecular weight is 439 g/mol. The first-order chi connectivity index (χ1) is 13.4. The zero-order valence-electron chi connectivity index (χ0n) is 15.8. The normalized spacial score (nSPS) is 11.5. The largest absolute Gasteiger partial charge is 0.370 e. The second-order valence-corrected chi connectivity index (χ2v) is 10.1. The lowest BCUT2D eigenvalue weighted by molar-refractivity contribution is 0.585. The summed E-state index contributed by atoms with van der Waals surface area (Å²) in [6.45, 7) is 7.14. The van der Waals surface area contributed by atoms with Crippen molar-refractivity contribution in [1.29, 1.82) is 0 Å². The predicted octanol–water partition coefficient (Wildman–Crippen LogP) is 3.10. The number of thiophene rings is 1. The van der Waals surface area contributed by atoms with Gasteiger partial charge < -0.3 is 10.6 Å². The first-order valence-corrected chi connectivity index (χ1v) is 11.9. The van der Waals surface area contributed by atoms with E-state index in [1.165, 1.54) is 11.3 Å². The monoisotopic (exact) mass is 438 g/mol. The number of anilines is 2. The van der Waals surface area contributed by atoms with Crippen molar-refractivity contribution in [3.05, 3.63) is 34.4 Å². The fraction of sp³-hybridized carbons (Fsp3) is 0.353. The summed E-state index contributed by atoms with van der Waals surface area (Å²) in [5.41, 5.74) is 0.811. The lowest BCUT2D eigenvalue weighted by Crippen LogP contribution is -2.28. The molecule has 11 heteroatoms. The second kappa shape index (κ2) is 8.95. The van der Waals surface area contributed by atoms with Crippen LogP contribution >= 0.6 is 22.7 Å². The molecule has 0 unspecified atom stereocenters. The van der Waals surface area contributed by atoms with Crippen LogP contribution in [-0.4, -0.2) is 43.0 Å². The van der Waals surface area contributed by atoms with Gasteiger partial charge in [0.15, 0.2) is 0 Å². The van der Waals surface area contributed by atoms with Gasteiger partial charge >= 0.3 is 0 Å². The Morgan fingerprint density at radius 2 is 1.79 bits per heavy atom. The molecule has 0 atom stereocenters. The van der Waals surface area contributed by atoms with Gasteiger partial charge in [0.05, 0.1) is 15.6 Å². The number of aryl methyl sites for hydroxylation is 2. The third-order valence-corrected chi connectivity index (χ3v) is 7.47. The summed E-state index contributed by atoms with van der Waals surface area (Å²) >= 11 is 2.76. The Bertz CT molecular complexity index is 1040. The Kier molecular flexibility index (Phi) is 6.60. The number of rotatable bonds is 9. The highest BCUT2D eigenvalue weighted by molar-refractivity contribution is 7.91. The molecule has 0 aliphatic rings. The van der Waals surface area contributed by atoms with E-state index in [0.29, 0.717) is 18.2 Å². The smallest absolute Gasteiger partial charge is 0.250 e. The van der Waals surface area contributed by atoms with Crippen molar-refractivity contribution >= 4 is 44.3 Å². The summed E-state index contributed by atoms with van der Waals surface area (Å²) in [5, 5.41) is 9.14. The van der Waals surface area contributed by atoms with Gasteiger partial charge in [0, 0.05) is 31.1 Å². The van der Waals surface area contributed by atoms with Gasteiger partial charge in [-0.2, -0.15) is 0 Å². The third kappa shape index (κ3) is 5.25. The standard InChI is InChI=1S/C17H22N6O2S3/c1-4-18-15-9-16(22-11(2)21-15)19-7-8-20-28(24,25)17-6-5-14(27-17)13-10-26-12(3)23-13/h5-6,9-10,20H,4,7-8H2,1-3H3,(H2,18,19,21,22). The number of nitrogens with zero attached hydrogens (tertiary/aromatic N) is 3. The van der Waals surface area contributed by atoms with Crippen molar-refractivity contribution in [3.63, 3.8) is 0 Å². The van der Waals surface area contributed by atoms with Crippen LogP contribution in [0.4, 0.5) is 11.6 Å². The Hall–Kier alpha value is -2.08. The zero-order chi connectivity index (χ0) is 20.1. The summed E-state index contributed by atoms with van der Waals surface area (Å²) in [5.74, 6) is 2.03. The molecule has 3 aromatic heterocycles. The van der Waals surface area contributed by atoms with E-state index in [2.05, 4.69) is 30.3 Å². The van der Waals surface area contributed by atoms with Crippen LogP contribution < -0.4 is 15.4 Å². The number of aromatic nitrogens is 3. The molecule has 0 saturated heterocycles. The first kappa shape index (κ1) is 20.6. The van der Waals surface area contributed by atoms with Crippen molar-refractivity contribution in [2.24, 2.45) is 0 Å². The topological polar surface area (TPSA) is 109 Å². The van der Waals surface area contributed by atoms with Crippen molar-refractivity contribution in [2.75, 3.05) is 30.3 Å². The van der Waals surface area contributed by atoms with Crippen molar-refractivity contribution < 1.29 is 8.42 Å². The van der Waals surface area contributed by atoms with Gasteiger partial charge in [-0.3, -0.25) is 0 Å². The maximum Gasteiger partial charge on any atom is 0.250 e. The summed E-state index contributed by atoms with van der Waals surface area (Å²) in [6.07, 6.45) is 0. The number of nitrogens with one attached hydrogen (secondary N) is 3. The fourth-order valence-corrected chi connectivity index (χ4v) is 5.49. The van der Waals surface area contributed by atoms with Gasteiger partial charge in [-0.25, -0.2) is 28.1 Å². The van der Waals surface area contributed by atoms with Gasteiger partial charge in [0.2, 0.25) is 10.0 Å². The SMILES string of the molecule is CCNc1cc(NCCNS(=O)(=O)c2ccc(-c3csc(C)n3)s2)nc(C)n1. The molecule has 0 radical (unpaired) electrons. The van der Waals surface area contributed by atoms with Crippen LogP contribution in [0.25, 0.3) is 10.6 Å². The van der Waals surface area contributed by atoms with E-state index in [1.807, 2.05) is 26.2 Å². The lowest BCUT2D eigenvalue weighted by Gasteiger charge is -2.10. The Morgan fingerprint density at radius 1 is 1.04 bits per heavy atom. The van der Waals surface area contributed by atoms with Crippen LogP contribution in [0.15, 0.2) is 27.8 Å². The summed E-state index contributed by atoms with van der Waals surface area (Å²) in [4.78, 5) is 13.8. The second-order valence-electron chi connectivity index (χ2n) is 5.91. The van der Waals surface area contributed by atoms with Gasteiger partial charge in [-0.05, 0) is 32.9 Å². The summed E-state index contributed by atoms with van der Waals surface area (Å²) < 4.78 is 27.9. The molecule has 150 valence electrons. The van der Waals surface area contributed by atoms with Crippen molar-refractivity contribution in [2.45, 2.75) is 25.0 Å². The van der Waals surface area contributed by atoms with Crippen molar-refractivity contribution in [1.82, 2.24) is 19.7 Å². The molecule has 3 heterocycles. The molecule has 0 fully saturated rings. The van der Waals surface area contributed by atoms with Gasteiger partial charge in [0.1, 0.15) is 21.7 Å². The highest BCUT2D eigenvalue weighted by atomic mass is 32.2. The molecule has 0 aliphatic heterocycles.